The van der Waals surface area contributed by atoms with E-state index in [4.69, 9.17) is 0 Å². The van der Waals surface area contributed by atoms with Crippen LogP contribution in [0.5, 0.6) is 0 Å². The smallest absolute Gasteiger partial charge is 0.325 e. The number of benzene rings is 1. The Morgan fingerprint density at radius 2 is 2.19 bits per heavy atom. The van der Waals surface area contributed by atoms with Crippen molar-refractivity contribution in [3.63, 3.8) is 0 Å². The lowest BCUT2D eigenvalue weighted by Gasteiger charge is -2.06. The fourth-order valence-corrected chi connectivity index (χ4v) is 1.44. The predicted molar refractivity (Wildman–Crippen MR) is 58.4 cm³/mol. The predicted octanol–water partition coefficient (Wildman–Crippen LogP) is 1.49. The molecule has 1 aromatic rings. The van der Waals surface area contributed by atoms with Crippen molar-refractivity contribution < 1.29 is 18.7 Å². The van der Waals surface area contributed by atoms with Crippen LogP contribution in [0, 0.1) is 5.82 Å². The Kier molecular flexibility index (Phi) is 4.42. The van der Waals surface area contributed by atoms with Gasteiger partial charge in [0.25, 0.3) is 5.91 Å². The van der Waals surface area contributed by atoms with E-state index in [0.29, 0.717) is 0 Å². The third-order valence-corrected chi connectivity index (χ3v) is 2.62. The summed E-state index contributed by atoms with van der Waals surface area (Å²) in [6.45, 7) is -0.252. The lowest BCUT2D eigenvalue weighted by Crippen LogP contribution is -2.30. The standard InChI is InChI=1S/C10H9BrFNO3/c1-16-8(14)5-13-10(15)6-3-2-4-7(12)9(6)11/h2-4H,5H2,1H3,(H,13,15). The third-order valence-electron chi connectivity index (χ3n) is 1.82. The summed E-state index contributed by atoms with van der Waals surface area (Å²) in [6.07, 6.45) is 0. The zero-order chi connectivity index (χ0) is 12.1. The van der Waals surface area contributed by atoms with Gasteiger partial charge in [-0.15, -0.1) is 0 Å². The molecule has 1 aromatic carbocycles. The minimum atomic E-state index is -0.569. The van der Waals surface area contributed by atoms with Crippen LogP contribution in [0.15, 0.2) is 22.7 Å². The number of esters is 1. The molecule has 0 unspecified atom stereocenters. The van der Waals surface area contributed by atoms with Gasteiger partial charge in [-0.05, 0) is 28.1 Å². The van der Waals surface area contributed by atoms with E-state index in [9.17, 15) is 14.0 Å². The number of hydrogen-bond acceptors (Lipinski definition) is 3. The number of amides is 1. The number of hydrogen-bond donors (Lipinski definition) is 1. The summed E-state index contributed by atoms with van der Waals surface area (Å²) >= 11 is 2.95. The molecule has 16 heavy (non-hydrogen) atoms. The molecule has 0 fully saturated rings. The third kappa shape index (κ3) is 3.03. The van der Waals surface area contributed by atoms with Crippen LogP contribution >= 0.6 is 15.9 Å². The molecule has 0 heterocycles. The van der Waals surface area contributed by atoms with Crippen molar-refractivity contribution in [2.75, 3.05) is 13.7 Å². The molecule has 0 aromatic heterocycles. The van der Waals surface area contributed by atoms with E-state index >= 15 is 0 Å². The largest absolute Gasteiger partial charge is 0.468 e. The second-order valence-electron chi connectivity index (χ2n) is 2.86. The summed E-state index contributed by atoms with van der Waals surface area (Å²) in [5.74, 6) is -1.65. The lowest BCUT2D eigenvalue weighted by atomic mass is 10.2. The Labute approximate surface area is 99.9 Å². The average molecular weight is 290 g/mol. The number of halogens is 2. The minimum absolute atomic E-state index is 0.0670. The van der Waals surface area contributed by atoms with Gasteiger partial charge < -0.3 is 10.1 Å². The Balaban J connectivity index is 2.74. The fraction of sp³-hybridized carbons (Fsp3) is 0.200. The van der Waals surface area contributed by atoms with Gasteiger partial charge in [-0.25, -0.2) is 4.39 Å². The maximum absolute atomic E-state index is 13.1. The lowest BCUT2D eigenvalue weighted by molar-refractivity contribution is -0.139. The molecule has 0 bridgehead atoms. The highest BCUT2D eigenvalue weighted by Crippen LogP contribution is 2.19. The summed E-state index contributed by atoms with van der Waals surface area (Å²) in [6, 6.07) is 4.08. The Morgan fingerprint density at radius 3 is 2.81 bits per heavy atom. The van der Waals surface area contributed by atoms with Gasteiger partial charge in [0.1, 0.15) is 12.4 Å². The first-order chi connectivity index (χ1) is 7.56. The van der Waals surface area contributed by atoms with Crippen LogP contribution in [-0.4, -0.2) is 25.5 Å². The van der Waals surface area contributed by atoms with Crippen molar-refractivity contribution in [2.45, 2.75) is 0 Å². The molecule has 0 atom stereocenters. The van der Waals surface area contributed by atoms with Crippen molar-refractivity contribution in [2.24, 2.45) is 0 Å². The second kappa shape index (κ2) is 5.60. The fourth-order valence-electron chi connectivity index (χ4n) is 0.999. The summed E-state index contributed by atoms with van der Waals surface area (Å²) in [7, 11) is 1.21. The summed E-state index contributed by atoms with van der Waals surface area (Å²) in [5.41, 5.74) is 0.129. The molecule has 4 nitrogen and oxygen atoms in total. The minimum Gasteiger partial charge on any atom is -0.468 e. The topological polar surface area (TPSA) is 55.4 Å². The molecular formula is C10H9BrFNO3. The Hall–Kier alpha value is -1.43. The van der Waals surface area contributed by atoms with Crippen LogP contribution in [0.2, 0.25) is 0 Å². The number of carbonyl (C=O) groups excluding carboxylic acids is 2. The van der Waals surface area contributed by atoms with Gasteiger partial charge >= 0.3 is 5.97 Å². The second-order valence-corrected chi connectivity index (χ2v) is 3.65. The highest BCUT2D eigenvalue weighted by molar-refractivity contribution is 9.10. The molecule has 0 saturated carbocycles. The van der Waals surface area contributed by atoms with Crippen molar-refractivity contribution in [3.8, 4) is 0 Å². The number of rotatable bonds is 3. The highest BCUT2D eigenvalue weighted by atomic mass is 79.9. The van der Waals surface area contributed by atoms with E-state index in [1.54, 1.807) is 0 Å². The Bertz CT molecular complexity index is 423. The molecule has 1 rings (SSSR count). The molecule has 0 aliphatic carbocycles. The van der Waals surface area contributed by atoms with Gasteiger partial charge in [-0.3, -0.25) is 9.59 Å². The first-order valence-electron chi connectivity index (χ1n) is 4.35. The number of methoxy groups -OCH3 is 1. The van der Waals surface area contributed by atoms with Crippen LogP contribution in [0.3, 0.4) is 0 Å². The summed E-state index contributed by atoms with van der Waals surface area (Å²) in [4.78, 5) is 22.3. The molecule has 1 N–H and O–H groups in total. The molecule has 1 amide bonds. The number of carbonyl (C=O) groups is 2. The molecule has 6 heteroatoms. The first kappa shape index (κ1) is 12.6. The monoisotopic (exact) mass is 289 g/mol. The van der Waals surface area contributed by atoms with Crippen LogP contribution in [0.1, 0.15) is 10.4 Å². The molecule has 0 spiro atoms. The van der Waals surface area contributed by atoms with Crippen LogP contribution in [0.4, 0.5) is 4.39 Å². The van der Waals surface area contributed by atoms with Gasteiger partial charge in [-0.1, -0.05) is 6.07 Å². The number of nitrogens with one attached hydrogen (secondary N) is 1. The first-order valence-corrected chi connectivity index (χ1v) is 5.14. The van der Waals surface area contributed by atoms with Gasteiger partial charge in [0.15, 0.2) is 0 Å². The molecular weight excluding hydrogens is 281 g/mol. The molecule has 0 aliphatic heterocycles. The van der Waals surface area contributed by atoms with Gasteiger partial charge in [0, 0.05) is 0 Å². The molecule has 86 valence electrons. The molecule has 0 saturated heterocycles. The quantitative estimate of drug-likeness (QED) is 0.858. The molecule has 0 aliphatic rings. The highest BCUT2D eigenvalue weighted by Gasteiger charge is 2.13. The van der Waals surface area contributed by atoms with E-state index in [1.165, 1.54) is 25.3 Å². The number of ether oxygens (including phenoxy) is 1. The van der Waals surface area contributed by atoms with Crippen LogP contribution in [-0.2, 0) is 9.53 Å². The van der Waals surface area contributed by atoms with Crippen molar-refractivity contribution in [1.82, 2.24) is 5.32 Å². The van der Waals surface area contributed by atoms with E-state index in [-0.39, 0.29) is 16.6 Å². The van der Waals surface area contributed by atoms with Gasteiger partial charge in [0.05, 0.1) is 17.1 Å². The molecule has 0 radical (unpaired) electrons. The summed E-state index contributed by atoms with van der Waals surface area (Å²) in [5, 5.41) is 2.31. The van der Waals surface area contributed by atoms with Crippen molar-refractivity contribution in [3.05, 3.63) is 34.1 Å². The SMILES string of the molecule is COC(=O)CNC(=O)c1cccc(F)c1Br. The zero-order valence-electron chi connectivity index (χ0n) is 8.42. The van der Waals surface area contributed by atoms with E-state index in [0.717, 1.165) is 0 Å². The van der Waals surface area contributed by atoms with Crippen molar-refractivity contribution >= 4 is 27.8 Å². The zero-order valence-corrected chi connectivity index (χ0v) is 10.0. The van der Waals surface area contributed by atoms with Crippen LogP contribution in [0.25, 0.3) is 0 Å². The summed E-state index contributed by atoms with van der Waals surface area (Å²) < 4.78 is 17.5. The Morgan fingerprint density at radius 1 is 1.50 bits per heavy atom. The van der Waals surface area contributed by atoms with Crippen molar-refractivity contribution in [1.29, 1.82) is 0 Å². The van der Waals surface area contributed by atoms with Gasteiger partial charge in [0.2, 0.25) is 0 Å². The normalized spacial score (nSPS) is 9.69. The maximum Gasteiger partial charge on any atom is 0.325 e. The van der Waals surface area contributed by atoms with Gasteiger partial charge in [-0.2, -0.15) is 0 Å². The van der Waals surface area contributed by atoms with Crippen LogP contribution < -0.4 is 5.32 Å². The maximum atomic E-state index is 13.1. The van der Waals surface area contributed by atoms with E-state index in [1.807, 2.05) is 0 Å². The van der Waals surface area contributed by atoms with E-state index in [2.05, 4.69) is 26.0 Å². The van der Waals surface area contributed by atoms with E-state index < -0.39 is 17.7 Å². The average Bonchev–Trinajstić information content (AvgIpc) is 2.29.